The van der Waals surface area contributed by atoms with Gasteiger partial charge in [0, 0.05) is 16.0 Å². The van der Waals surface area contributed by atoms with Crippen LogP contribution in [0.25, 0.3) is 10.8 Å². The standard InChI is InChI=1S/C29H27ClO2/c30-22-8-5-21(6-9-22)25-26-23-4-2-1-3-20(23)7-10-24(26)32-27(25)28(31)29-14-17-11-18(15-29)13-19(12-17)16-29/h1-10,17-19,25,27H,11-16H2/t17?,18?,19?,25-,27-,29?/m1/s1. The highest BCUT2D eigenvalue weighted by Gasteiger charge is 2.58. The third kappa shape index (κ3) is 2.75. The first-order valence-corrected chi connectivity index (χ1v) is 12.5. The molecule has 4 saturated carbocycles. The second-order valence-electron chi connectivity index (χ2n) is 10.8. The average molecular weight is 443 g/mol. The van der Waals surface area contributed by atoms with Crippen molar-refractivity contribution in [3.63, 3.8) is 0 Å². The predicted molar refractivity (Wildman–Crippen MR) is 127 cm³/mol. The van der Waals surface area contributed by atoms with Crippen molar-refractivity contribution in [3.8, 4) is 5.75 Å². The van der Waals surface area contributed by atoms with Gasteiger partial charge in [-0.05, 0) is 90.8 Å². The normalized spacial score (nSPS) is 34.5. The summed E-state index contributed by atoms with van der Waals surface area (Å²) in [6, 6.07) is 20.7. The highest BCUT2D eigenvalue weighted by molar-refractivity contribution is 6.30. The lowest BCUT2D eigenvalue weighted by atomic mass is 9.48. The van der Waals surface area contributed by atoms with Crippen molar-refractivity contribution in [2.24, 2.45) is 23.2 Å². The number of carbonyl (C=O) groups is 1. The molecular weight excluding hydrogens is 416 g/mol. The lowest BCUT2D eigenvalue weighted by molar-refractivity contribution is -0.151. The third-order valence-corrected chi connectivity index (χ3v) is 9.10. The van der Waals surface area contributed by atoms with Gasteiger partial charge in [0.1, 0.15) is 5.75 Å². The monoisotopic (exact) mass is 442 g/mol. The van der Waals surface area contributed by atoms with Crippen LogP contribution in [0.15, 0.2) is 60.7 Å². The van der Waals surface area contributed by atoms with Crippen molar-refractivity contribution in [1.82, 2.24) is 0 Å². The largest absolute Gasteiger partial charge is 0.481 e. The van der Waals surface area contributed by atoms with E-state index in [1.165, 1.54) is 30.0 Å². The molecule has 162 valence electrons. The Kier molecular flexibility index (Phi) is 4.10. The van der Waals surface area contributed by atoms with Crippen LogP contribution in [0, 0.1) is 23.2 Å². The van der Waals surface area contributed by atoms with E-state index >= 15 is 0 Å². The summed E-state index contributed by atoms with van der Waals surface area (Å²) in [5.41, 5.74) is 2.10. The van der Waals surface area contributed by atoms with Crippen LogP contribution in [-0.4, -0.2) is 11.9 Å². The average Bonchev–Trinajstić information content (AvgIpc) is 3.18. The second-order valence-corrected chi connectivity index (χ2v) is 11.3. The van der Waals surface area contributed by atoms with Crippen LogP contribution < -0.4 is 4.74 Å². The molecule has 32 heavy (non-hydrogen) atoms. The first-order chi connectivity index (χ1) is 15.6. The molecule has 3 aromatic rings. The second kappa shape index (κ2) is 6.84. The lowest BCUT2D eigenvalue weighted by Crippen LogP contribution is -2.54. The maximum atomic E-state index is 14.4. The van der Waals surface area contributed by atoms with Gasteiger partial charge < -0.3 is 4.74 Å². The van der Waals surface area contributed by atoms with Gasteiger partial charge in [-0.15, -0.1) is 0 Å². The number of hydrogen-bond acceptors (Lipinski definition) is 2. The van der Waals surface area contributed by atoms with E-state index in [0.717, 1.165) is 58.9 Å². The minimum Gasteiger partial charge on any atom is -0.481 e. The van der Waals surface area contributed by atoms with Crippen molar-refractivity contribution < 1.29 is 9.53 Å². The molecule has 5 aliphatic rings. The molecule has 1 aliphatic heterocycles. The zero-order chi connectivity index (χ0) is 21.4. The smallest absolute Gasteiger partial charge is 0.180 e. The fraction of sp³-hybridized carbons (Fsp3) is 0.414. The van der Waals surface area contributed by atoms with Gasteiger partial charge in [-0.2, -0.15) is 0 Å². The molecular formula is C29H27ClO2. The first kappa shape index (κ1) is 19.2. The van der Waals surface area contributed by atoms with Crippen LogP contribution in [0.1, 0.15) is 55.6 Å². The van der Waals surface area contributed by atoms with Crippen molar-refractivity contribution >= 4 is 28.2 Å². The SMILES string of the molecule is O=C([C@@H]1Oc2ccc3ccccc3c2[C@H]1c1ccc(Cl)cc1)C12CC3CC(CC(C3)C1)C2. The summed E-state index contributed by atoms with van der Waals surface area (Å²) < 4.78 is 6.58. The van der Waals surface area contributed by atoms with Crippen LogP contribution in [0.2, 0.25) is 5.02 Å². The molecule has 2 nitrogen and oxygen atoms in total. The Balaban J connectivity index is 1.36. The molecule has 1 heterocycles. The minimum absolute atomic E-state index is 0.0890. The molecule has 0 radical (unpaired) electrons. The minimum atomic E-state index is -0.451. The molecule has 4 aliphatic carbocycles. The van der Waals surface area contributed by atoms with Crippen LogP contribution in [-0.2, 0) is 4.79 Å². The topological polar surface area (TPSA) is 26.3 Å². The molecule has 4 bridgehead atoms. The van der Waals surface area contributed by atoms with Crippen molar-refractivity contribution in [2.75, 3.05) is 0 Å². The fourth-order valence-electron chi connectivity index (χ4n) is 7.99. The van der Waals surface area contributed by atoms with Gasteiger partial charge in [0.2, 0.25) is 0 Å². The number of rotatable bonds is 3. The highest BCUT2D eigenvalue weighted by atomic mass is 35.5. The van der Waals surface area contributed by atoms with Crippen molar-refractivity contribution in [1.29, 1.82) is 0 Å². The van der Waals surface area contributed by atoms with E-state index in [1.807, 2.05) is 12.1 Å². The van der Waals surface area contributed by atoms with Crippen LogP contribution >= 0.6 is 11.6 Å². The summed E-state index contributed by atoms with van der Waals surface area (Å²) in [4.78, 5) is 14.4. The molecule has 8 rings (SSSR count). The maximum Gasteiger partial charge on any atom is 0.180 e. The van der Waals surface area contributed by atoms with E-state index in [2.05, 4.69) is 48.5 Å². The van der Waals surface area contributed by atoms with Crippen LogP contribution in [0.3, 0.4) is 0 Å². The van der Waals surface area contributed by atoms with Crippen LogP contribution in [0.5, 0.6) is 5.75 Å². The number of benzene rings is 3. The Morgan fingerprint density at radius 2 is 1.50 bits per heavy atom. The predicted octanol–water partition coefficient (Wildman–Crippen LogP) is 7.17. The summed E-state index contributed by atoms with van der Waals surface area (Å²) in [7, 11) is 0. The molecule has 3 heteroatoms. The Labute approximate surface area is 193 Å². The molecule has 0 amide bonds. The molecule has 3 aromatic carbocycles. The van der Waals surface area contributed by atoms with Gasteiger partial charge in [-0.3, -0.25) is 4.79 Å². The molecule has 0 spiro atoms. The van der Waals surface area contributed by atoms with E-state index < -0.39 is 6.10 Å². The molecule has 0 unspecified atom stereocenters. The van der Waals surface area contributed by atoms with E-state index in [9.17, 15) is 4.79 Å². The van der Waals surface area contributed by atoms with E-state index in [0.29, 0.717) is 5.78 Å². The van der Waals surface area contributed by atoms with Gasteiger partial charge in [0.25, 0.3) is 0 Å². The molecule has 4 fully saturated rings. The zero-order valence-electron chi connectivity index (χ0n) is 18.1. The molecule has 0 aromatic heterocycles. The number of carbonyl (C=O) groups excluding carboxylic acids is 1. The van der Waals surface area contributed by atoms with Gasteiger partial charge in [0.15, 0.2) is 11.9 Å². The highest BCUT2D eigenvalue weighted by Crippen LogP contribution is 2.62. The Morgan fingerprint density at radius 3 is 2.19 bits per heavy atom. The summed E-state index contributed by atoms with van der Waals surface area (Å²) in [6.45, 7) is 0. The van der Waals surface area contributed by atoms with E-state index in [1.54, 1.807) is 0 Å². The Bertz CT molecular complexity index is 1190. The van der Waals surface area contributed by atoms with Crippen molar-refractivity contribution in [3.05, 3.63) is 76.8 Å². The summed E-state index contributed by atoms with van der Waals surface area (Å²) in [6.07, 6.45) is 6.77. The number of halogens is 1. The number of fused-ring (bicyclic) bond motifs is 3. The summed E-state index contributed by atoms with van der Waals surface area (Å²) in [5.74, 6) is 3.36. The Hall–Kier alpha value is -2.32. The first-order valence-electron chi connectivity index (χ1n) is 12.1. The van der Waals surface area contributed by atoms with E-state index in [-0.39, 0.29) is 11.3 Å². The van der Waals surface area contributed by atoms with E-state index in [4.69, 9.17) is 16.3 Å². The number of ether oxygens (including phenoxy) is 1. The number of Topliss-reactive ketones (excluding diaryl/α,β-unsaturated/α-hetero) is 1. The fourth-order valence-corrected chi connectivity index (χ4v) is 8.11. The molecule has 0 N–H and O–H groups in total. The third-order valence-electron chi connectivity index (χ3n) is 8.85. The quantitative estimate of drug-likeness (QED) is 0.429. The summed E-state index contributed by atoms with van der Waals surface area (Å²) >= 11 is 6.23. The number of hydrogen-bond donors (Lipinski definition) is 0. The molecule has 2 atom stereocenters. The molecule has 0 saturated heterocycles. The number of ketones is 1. The lowest BCUT2D eigenvalue weighted by Gasteiger charge is -2.56. The maximum absolute atomic E-state index is 14.4. The van der Waals surface area contributed by atoms with Crippen LogP contribution in [0.4, 0.5) is 0 Å². The zero-order valence-corrected chi connectivity index (χ0v) is 18.9. The Morgan fingerprint density at radius 1 is 0.844 bits per heavy atom. The van der Waals surface area contributed by atoms with Gasteiger partial charge in [-0.1, -0.05) is 54.1 Å². The van der Waals surface area contributed by atoms with Gasteiger partial charge in [0.05, 0.1) is 5.92 Å². The van der Waals surface area contributed by atoms with Crippen molar-refractivity contribution in [2.45, 2.75) is 50.5 Å². The van der Waals surface area contributed by atoms with Gasteiger partial charge >= 0.3 is 0 Å². The van der Waals surface area contributed by atoms with Gasteiger partial charge in [-0.25, -0.2) is 0 Å². The summed E-state index contributed by atoms with van der Waals surface area (Å²) in [5, 5.41) is 3.09.